The van der Waals surface area contributed by atoms with E-state index >= 15 is 0 Å². The highest BCUT2D eigenvalue weighted by Crippen LogP contribution is 2.00. The number of hydrogen-bond donors (Lipinski definition) is 0. The summed E-state index contributed by atoms with van der Waals surface area (Å²) < 4.78 is 0. The highest BCUT2D eigenvalue weighted by molar-refractivity contribution is 6.19. The van der Waals surface area contributed by atoms with Gasteiger partial charge in [-0.05, 0) is 11.1 Å². The van der Waals surface area contributed by atoms with Gasteiger partial charge in [0.2, 0.25) is 0 Å². The Morgan fingerprint density at radius 3 is 1.50 bits per heavy atom. The lowest BCUT2D eigenvalue weighted by Gasteiger charge is -1.87. The Kier molecular flexibility index (Phi) is 13.5. The molecule has 0 radical (unpaired) electrons. The molecule has 0 fully saturated rings. The van der Waals surface area contributed by atoms with Crippen LogP contribution in [0.2, 0.25) is 0 Å². The van der Waals surface area contributed by atoms with E-state index < -0.39 is 0 Å². The maximum absolute atomic E-state index is 5.46. The normalized spacial score (nSPS) is 8.77. The van der Waals surface area contributed by atoms with Crippen molar-refractivity contribution in [2.75, 3.05) is 5.88 Å². The van der Waals surface area contributed by atoms with Gasteiger partial charge in [0.05, 0.1) is 0 Å². The molecule has 0 nitrogen and oxygen atoms in total. The van der Waals surface area contributed by atoms with Crippen molar-refractivity contribution in [3.8, 4) is 0 Å². The largest absolute Gasteiger partial charge is 0.122 e. The lowest BCUT2D eigenvalue weighted by atomic mass is 10.2. The Hall–Kier alpha value is -2.31. The van der Waals surface area contributed by atoms with Crippen molar-refractivity contribution in [2.45, 2.75) is 0 Å². The molecule has 0 unspecified atom stereocenters. The maximum Gasteiger partial charge on any atom is 0.0407 e. The Bertz CT molecular complexity index is 533. The Morgan fingerprint density at radius 1 is 0.727 bits per heavy atom. The predicted molar refractivity (Wildman–Crippen MR) is 103 cm³/mol. The minimum atomic E-state index is 0.578. The Morgan fingerprint density at radius 2 is 1.18 bits per heavy atom. The summed E-state index contributed by atoms with van der Waals surface area (Å²) >= 11 is 5.46. The van der Waals surface area contributed by atoms with Gasteiger partial charge >= 0.3 is 0 Å². The van der Waals surface area contributed by atoms with Gasteiger partial charge < -0.3 is 0 Å². The second kappa shape index (κ2) is 15.1. The van der Waals surface area contributed by atoms with Crippen molar-refractivity contribution in [1.82, 2.24) is 0 Å². The second-order valence-electron chi connectivity index (χ2n) is 4.05. The van der Waals surface area contributed by atoms with Crippen molar-refractivity contribution in [2.24, 2.45) is 0 Å². The first-order chi connectivity index (χ1) is 10.8. The molecule has 2 aromatic rings. The lowest BCUT2D eigenvalue weighted by molar-refractivity contribution is 1.65. The number of alkyl halides is 1. The van der Waals surface area contributed by atoms with Crippen LogP contribution in [0.5, 0.6) is 0 Å². The summed E-state index contributed by atoms with van der Waals surface area (Å²) in [7, 11) is 0. The highest BCUT2D eigenvalue weighted by atomic mass is 35.5. The SMILES string of the molecule is C=CC=C.C=Cc1ccccc1.ClCC=Cc1ccccc1. The molecule has 2 aromatic carbocycles. The fraction of sp³-hybridized carbons (Fsp3) is 0.0476. The molecule has 0 spiro atoms. The monoisotopic (exact) mass is 310 g/mol. The molecule has 114 valence electrons. The van der Waals surface area contributed by atoms with Gasteiger partial charge in [-0.3, -0.25) is 0 Å². The van der Waals surface area contributed by atoms with E-state index in [2.05, 4.69) is 19.7 Å². The third-order valence-corrected chi connectivity index (χ3v) is 2.58. The van der Waals surface area contributed by atoms with Crippen molar-refractivity contribution < 1.29 is 0 Å². The fourth-order valence-electron chi connectivity index (χ4n) is 1.33. The molecule has 0 heterocycles. The van der Waals surface area contributed by atoms with Crippen LogP contribution in [0, 0.1) is 0 Å². The van der Waals surface area contributed by atoms with Crippen LogP contribution in [0.25, 0.3) is 12.2 Å². The van der Waals surface area contributed by atoms with Crippen molar-refractivity contribution >= 4 is 23.8 Å². The summed E-state index contributed by atoms with van der Waals surface area (Å²) in [4.78, 5) is 0. The number of hydrogen-bond acceptors (Lipinski definition) is 0. The fourth-order valence-corrected chi connectivity index (χ4v) is 1.42. The van der Waals surface area contributed by atoms with Gasteiger partial charge in [-0.2, -0.15) is 0 Å². The first kappa shape index (κ1) is 19.7. The topological polar surface area (TPSA) is 0 Å². The van der Waals surface area contributed by atoms with Gasteiger partial charge in [-0.25, -0.2) is 0 Å². The molecule has 0 aliphatic carbocycles. The van der Waals surface area contributed by atoms with E-state index in [1.54, 1.807) is 12.2 Å². The van der Waals surface area contributed by atoms with Crippen LogP contribution in [-0.4, -0.2) is 5.88 Å². The number of allylic oxidation sites excluding steroid dienone is 3. The first-order valence-electron chi connectivity index (χ1n) is 6.97. The third-order valence-electron chi connectivity index (χ3n) is 2.40. The van der Waals surface area contributed by atoms with Crippen LogP contribution in [-0.2, 0) is 0 Å². The van der Waals surface area contributed by atoms with Crippen LogP contribution in [0.4, 0.5) is 0 Å². The minimum absolute atomic E-state index is 0.578. The van der Waals surface area contributed by atoms with Crippen molar-refractivity contribution in [3.05, 3.63) is 110 Å². The van der Waals surface area contributed by atoms with Crippen LogP contribution >= 0.6 is 11.6 Å². The molecule has 0 atom stereocenters. The van der Waals surface area contributed by atoms with Crippen LogP contribution in [0.1, 0.15) is 11.1 Å². The number of benzene rings is 2. The third kappa shape index (κ3) is 11.5. The Labute approximate surface area is 139 Å². The van der Waals surface area contributed by atoms with E-state index in [-0.39, 0.29) is 0 Å². The molecule has 22 heavy (non-hydrogen) atoms. The molecular formula is C21H23Cl. The van der Waals surface area contributed by atoms with Gasteiger partial charge in [0, 0.05) is 5.88 Å². The standard InChI is InChI=1S/C9H9Cl.C8H8.C4H6/c10-8-4-7-9-5-2-1-3-6-9;1-2-8-6-4-3-5-7-8;1-3-4-2/h1-7H,8H2;2-7H,1H2;3-4H,1-2H2. The summed E-state index contributed by atoms with van der Waals surface area (Å²) in [6.45, 7) is 10.4. The van der Waals surface area contributed by atoms with Gasteiger partial charge in [0.15, 0.2) is 0 Å². The van der Waals surface area contributed by atoms with E-state index in [0.717, 1.165) is 0 Å². The van der Waals surface area contributed by atoms with E-state index in [4.69, 9.17) is 11.6 Å². The Balaban J connectivity index is 0.000000330. The van der Waals surface area contributed by atoms with Gasteiger partial charge in [0.25, 0.3) is 0 Å². The molecule has 0 amide bonds. The highest BCUT2D eigenvalue weighted by Gasteiger charge is 1.79. The van der Waals surface area contributed by atoms with E-state index in [9.17, 15) is 0 Å². The van der Waals surface area contributed by atoms with Crippen LogP contribution < -0.4 is 0 Å². The summed E-state index contributed by atoms with van der Waals surface area (Å²) in [6, 6.07) is 20.1. The molecule has 0 saturated carbocycles. The van der Waals surface area contributed by atoms with Crippen molar-refractivity contribution in [1.29, 1.82) is 0 Å². The first-order valence-corrected chi connectivity index (χ1v) is 7.50. The minimum Gasteiger partial charge on any atom is -0.122 e. The maximum atomic E-state index is 5.46. The molecule has 1 heteroatoms. The molecule has 0 bridgehead atoms. The average molecular weight is 311 g/mol. The summed E-state index contributed by atoms with van der Waals surface area (Å²) in [5.41, 5.74) is 2.37. The summed E-state index contributed by atoms with van der Waals surface area (Å²) in [6.07, 6.45) is 9.05. The zero-order valence-corrected chi connectivity index (χ0v) is 13.6. The average Bonchev–Trinajstić information content (AvgIpc) is 2.62. The van der Waals surface area contributed by atoms with Crippen LogP contribution in [0.15, 0.2) is 98.6 Å². The van der Waals surface area contributed by atoms with Gasteiger partial charge in [0.1, 0.15) is 0 Å². The van der Waals surface area contributed by atoms with E-state index in [0.29, 0.717) is 5.88 Å². The molecule has 0 saturated heterocycles. The quantitative estimate of drug-likeness (QED) is 0.439. The smallest absolute Gasteiger partial charge is 0.0407 e. The zero-order valence-electron chi connectivity index (χ0n) is 12.9. The van der Waals surface area contributed by atoms with Gasteiger partial charge in [-0.15, -0.1) is 11.6 Å². The number of rotatable bonds is 4. The van der Waals surface area contributed by atoms with E-state index in [1.165, 1.54) is 11.1 Å². The molecular weight excluding hydrogens is 288 g/mol. The molecule has 0 N–H and O–H groups in total. The van der Waals surface area contributed by atoms with Gasteiger partial charge in [-0.1, -0.05) is 111 Å². The molecule has 2 rings (SSSR count). The van der Waals surface area contributed by atoms with E-state index in [1.807, 2.05) is 78.9 Å². The zero-order chi connectivity index (χ0) is 16.5. The van der Waals surface area contributed by atoms with Crippen LogP contribution in [0.3, 0.4) is 0 Å². The molecule has 0 aliphatic heterocycles. The lowest BCUT2D eigenvalue weighted by Crippen LogP contribution is -1.67. The molecule has 0 aliphatic rings. The summed E-state index contributed by atoms with van der Waals surface area (Å²) in [5, 5.41) is 0. The summed E-state index contributed by atoms with van der Waals surface area (Å²) in [5.74, 6) is 0.578. The number of halogens is 1. The molecule has 0 aromatic heterocycles. The second-order valence-corrected chi connectivity index (χ2v) is 4.36. The van der Waals surface area contributed by atoms with Crippen molar-refractivity contribution in [3.63, 3.8) is 0 Å². The predicted octanol–water partition coefficient (Wildman–Crippen LogP) is 6.63.